The van der Waals surface area contributed by atoms with E-state index in [1.807, 2.05) is 6.92 Å². The van der Waals surface area contributed by atoms with Gasteiger partial charge in [-0.1, -0.05) is 6.92 Å². The zero-order chi connectivity index (χ0) is 9.26. The Morgan fingerprint density at radius 3 is 2.38 bits per heavy atom. The second-order valence-electron chi connectivity index (χ2n) is 3.89. The molecule has 3 heteroatoms. The van der Waals surface area contributed by atoms with E-state index in [4.69, 9.17) is 4.42 Å². The molecule has 1 radical (unpaired) electrons. The van der Waals surface area contributed by atoms with Crippen LogP contribution in [0.4, 0.5) is 0 Å². The number of rotatable bonds is 1. The third-order valence-electron chi connectivity index (χ3n) is 2.73. The highest BCUT2D eigenvalue weighted by Crippen LogP contribution is 2.35. The van der Waals surface area contributed by atoms with Crippen molar-refractivity contribution in [1.29, 1.82) is 0 Å². The Bertz CT molecular complexity index is 274. The van der Waals surface area contributed by atoms with Crippen molar-refractivity contribution in [1.82, 2.24) is 10.2 Å². The Morgan fingerprint density at radius 1 is 1.15 bits per heavy atom. The number of nitrogens with zero attached hydrogens (tertiary/aromatic N) is 2. The lowest BCUT2D eigenvalue weighted by atomic mass is 9.83. The first kappa shape index (κ1) is 8.73. The first-order chi connectivity index (χ1) is 6.25. The van der Waals surface area contributed by atoms with Gasteiger partial charge in [0, 0.05) is 12.8 Å². The molecule has 71 valence electrons. The van der Waals surface area contributed by atoms with Crippen LogP contribution >= 0.6 is 0 Å². The third kappa shape index (κ3) is 1.90. The summed E-state index contributed by atoms with van der Waals surface area (Å²) in [4.78, 5) is 0. The molecule has 1 aliphatic rings. The molecule has 0 aliphatic heterocycles. The highest BCUT2D eigenvalue weighted by atomic mass is 16.4. The summed E-state index contributed by atoms with van der Waals surface area (Å²) >= 11 is 0. The van der Waals surface area contributed by atoms with Crippen LogP contribution in [-0.4, -0.2) is 10.2 Å². The Morgan fingerprint density at radius 2 is 1.85 bits per heavy atom. The van der Waals surface area contributed by atoms with Gasteiger partial charge >= 0.3 is 0 Å². The van der Waals surface area contributed by atoms with Crippen LogP contribution in [0.15, 0.2) is 4.42 Å². The molecule has 0 atom stereocenters. The Hall–Kier alpha value is -0.860. The fraction of sp³-hybridized carbons (Fsp3) is 0.700. The molecule has 0 saturated heterocycles. The maximum atomic E-state index is 5.43. The lowest BCUT2D eigenvalue weighted by Crippen LogP contribution is -2.09. The fourth-order valence-electron chi connectivity index (χ4n) is 1.83. The Kier molecular flexibility index (Phi) is 2.34. The van der Waals surface area contributed by atoms with Crippen molar-refractivity contribution in [3.8, 4) is 0 Å². The van der Waals surface area contributed by atoms with E-state index in [1.54, 1.807) is 5.92 Å². The highest BCUT2D eigenvalue weighted by Gasteiger charge is 2.23. The van der Waals surface area contributed by atoms with Crippen LogP contribution in [-0.2, 0) is 0 Å². The molecule has 0 unspecified atom stereocenters. The lowest BCUT2D eigenvalue weighted by molar-refractivity contribution is 0.369. The lowest BCUT2D eigenvalue weighted by Gasteiger charge is -2.22. The second-order valence-corrected chi connectivity index (χ2v) is 3.89. The summed E-state index contributed by atoms with van der Waals surface area (Å²) in [5.74, 6) is 3.63. The van der Waals surface area contributed by atoms with Gasteiger partial charge in [0.1, 0.15) is 0 Å². The standard InChI is InChI=1S/C10H15N2O/c1-7-3-5-9(6-4-7)10-12-11-8(2)13-10/h9H,3-6H2,1-2H3. The molecule has 0 spiro atoms. The molecule has 1 heterocycles. The number of aromatic nitrogens is 2. The van der Waals surface area contributed by atoms with E-state index in [0.717, 1.165) is 5.89 Å². The first-order valence-electron chi connectivity index (χ1n) is 4.87. The second kappa shape index (κ2) is 3.48. The predicted octanol–water partition coefficient (Wildman–Crippen LogP) is 2.63. The van der Waals surface area contributed by atoms with E-state index >= 15 is 0 Å². The Balaban J connectivity index is 2.02. The summed E-state index contributed by atoms with van der Waals surface area (Å²) in [5.41, 5.74) is 0. The topological polar surface area (TPSA) is 38.9 Å². The largest absolute Gasteiger partial charge is 0.425 e. The first-order valence-corrected chi connectivity index (χ1v) is 4.87. The van der Waals surface area contributed by atoms with Crippen LogP contribution in [0.2, 0.25) is 0 Å². The van der Waals surface area contributed by atoms with Gasteiger partial charge in [-0.15, -0.1) is 10.2 Å². The number of hydrogen-bond donors (Lipinski definition) is 0. The quantitative estimate of drug-likeness (QED) is 0.665. The fourth-order valence-corrected chi connectivity index (χ4v) is 1.83. The molecule has 1 aliphatic carbocycles. The van der Waals surface area contributed by atoms with Gasteiger partial charge in [-0.2, -0.15) is 0 Å². The molecular weight excluding hydrogens is 164 g/mol. The molecular formula is C10H15N2O. The molecule has 13 heavy (non-hydrogen) atoms. The average molecular weight is 179 g/mol. The van der Waals surface area contributed by atoms with E-state index in [-0.39, 0.29) is 0 Å². The predicted molar refractivity (Wildman–Crippen MR) is 49.2 cm³/mol. The van der Waals surface area contributed by atoms with Crippen molar-refractivity contribution in [2.24, 2.45) is 0 Å². The summed E-state index contributed by atoms with van der Waals surface area (Å²) in [6, 6.07) is 0. The van der Waals surface area contributed by atoms with Gasteiger partial charge in [0.15, 0.2) is 0 Å². The highest BCUT2D eigenvalue weighted by molar-refractivity contribution is 4.99. The molecule has 3 nitrogen and oxygen atoms in total. The molecule has 0 bridgehead atoms. The maximum absolute atomic E-state index is 5.43. The van der Waals surface area contributed by atoms with Crippen LogP contribution in [0.25, 0.3) is 0 Å². The molecule has 1 aromatic heterocycles. The van der Waals surface area contributed by atoms with Gasteiger partial charge in [-0.3, -0.25) is 0 Å². The summed E-state index contributed by atoms with van der Waals surface area (Å²) in [6.45, 7) is 4.08. The van der Waals surface area contributed by atoms with E-state index in [1.165, 1.54) is 25.7 Å². The summed E-state index contributed by atoms with van der Waals surface area (Å²) < 4.78 is 5.43. The Labute approximate surface area is 78.5 Å². The van der Waals surface area contributed by atoms with E-state index in [0.29, 0.717) is 11.8 Å². The minimum Gasteiger partial charge on any atom is -0.425 e. The summed E-state index contributed by atoms with van der Waals surface area (Å²) in [6.07, 6.45) is 4.78. The van der Waals surface area contributed by atoms with E-state index < -0.39 is 0 Å². The normalized spacial score (nSPS) is 20.8. The van der Waals surface area contributed by atoms with Gasteiger partial charge in [0.2, 0.25) is 11.8 Å². The molecule has 1 fully saturated rings. The SMILES string of the molecule is C[C]1CCC(c2nnc(C)o2)CC1. The van der Waals surface area contributed by atoms with Gasteiger partial charge in [0.25, 0.3) is 0 Å². The minimum atomic E-state index is 0.505. The molecule has 1 aromatic rings. The number of aryl methyl sites for hydroxylation is 1. The van der Waals surface area contributed by atoms with Gasteiger partial charge < -0.3 is 4.42 Å². The molecule has 0 amide bonds. The van der Waals surface area contributed by atoms with Crippen molar-refractivity contribution in [3.63, 3.8) is 0 Å². The van der Waals surface area contributed by atoms with Crippen LogP contribution in [0.5, 0.6) is 0 Å². The van der Waals surface area contributed by atoms with Crippen LogP contribution < -0.4 is 0 Å². The van der Waals surface area contributed by atoms with Gasteiger partial charge in [-0.25, -0.2) is 0 Å². The molecule has 0 N–H and O–H groups in total. The monoisotopic (exact) mass is 179 g/mol. The van der Waals surface area contributed by atoms with Crippen molar-refractivity contribution in [2.45, 2.75) is 45.4 Å². The summed E-state index contributed by atoms with van der Waals surface area (Å²) in [7, 11) is 0. The number of hydrogen-bond acceptors (Lipinski definition) is 3. The molecule has 1 saturated carbocycles. The van der Waals surface area contributed by atoms with Crippen molar-refractivity contribution >= 4 is 0 Å². The smallest absolute Gasteiger partial charge is 0.219 e. The van der Waals surface area contributed by atoms with Crippen molar-refractivity contribution in [2.75, 3.05) is 0 Å². The van der Waals surface area contributed by atoms with Gasteiger partial charge in [0.05, 0.1) is 0 Å². The third-order valence-corrected chi connectivity index (χ3v) is 2.73. The van der Waals surface area contributed by atoms with E-state index in [9.17, 15) is 0 Å². The minimum absolute atomic E-state index is 0.505. The van der Waals surface area contributed by atoms with E-state index in [2.05, 4.69) is 17.1 Å². The average Bonchev–Trinajstić information content (AvgIpc) is 2.53. The molecule has 0 aromatic carbocycles. The molecule has 2 rings (SSSR count). The van der Waals surface area contributed by atoms with Crippen molar-refractivity contribution in [3.05, 3.63) is 17.7 Å². The zero-order valence-corrected chi connectivity index (χ0v) is 8.21. The maximum Gasteiger partial charge on any atom is 0.219 e. The van der Waals surface area contributed by atoms with Crippen molar-refractivity contribution < 1.29 is 4.42 Å². The van der Waals surface area contributed by atoms with Gasteiger partial charge in [-0.05, 0) is 31.6 Å². The zero-order valence-electron chi connectivity index (χ0n) is 8.21. The van der Waals surface area contributed by atoms with Crippen LogP contribution in [0.1, 0.15) is 50.3 Å². The van der Waals surface area contributed by atoms with Crippen LogP contribution in [0, 0.1) is 12.8 Å². The summed E-state index contributed by atoms with van der Waals surface area (Å²) in [5, 5.41) is 7.93. The van der Waals surface area contributed by atoms with Crippen LogP contribution in [0.3, 0.4) is 0 Å².